The van der Waals surface area contributed by atoms with Crippen LogP contribution in [0.5, 0.6) is 0 Å². The lowest BCUT2D eigenvalue weighted by Crippen LogP contribution is -2.26. The number of benzene rings is 1. The molecule has 1 atom stereocenters. The Hall–Kier alpha value is -2.36. The number of nitrogens with zero attached hydrogens (tertiary/aromatic N) is 2. The Labute approximate surface area is 132 Å². The largest absolute Gasteiger partial charge is 0.481 e. The van der Waals surface area contributed by atoms with Crippen LogP contribution in [-0.2, 0) is 9.59 Å². The second-order valence-corrected chi connectivity index (χ2v) is 5.58. The lowest BCUT2D eigenvalue weighted by molar-refractivity contribution is -0.138. The molecule has 1 aromatic rings. The average Bonchev–Trinajstić information content (AvgIpc) is 2.79. The number of halogens is 3. The van der Waals surface area contributed by atoms with E-state index in [0.717, 1.165) is 36.2 Å². The highest BCUT2D eigenvalue weighted by Gasteiger charge is 2.32. The lowest BCUT2D eigenvalue weighted by atomic mass is 10.1. The van der Waals surface area contributed by atoms with Crippen molar-refractivity contribution in [2.45, 2.75) is 18.1 Å². The number of aliphatic carboxylic acids is 1. The maximum absolute atomic E-state index is 13.6. The van der Waals surface area contributed by atoms with Crippen LogP contribution < -0.4 is 5.32 Å². The van der Waals surface area contributed by atoms with E-state index >= 15 is 0 Å². The Kier molecular flexibility index (Phi) is 5.37. The molecule has 1 aliphatic heterocycles. The number of alkyl halides is 2. The molecule has 0 aliphatic carbocycles. The van der Waals surface area contributed by atoms with Gasteiger partial charge in [0.05, 0.1) is 12.6 Å². The number of amides is 1. The van der Waals surface area contributed by atoms with Crippen molar-refractivity contribution in [3.05, 3.63) is 35.1 Å². The van der Waals surface area contributed by atoms with E-state index in [-0.39, 0.29) is 11.6 Å². The average molecular weight is 345 g/mol. The molecular formula is C13H10F3N3O3S. The van der Waals surface area contributed by atoms with Crippen molar-refractivity contribution in [1.82, 2.24) is 5.32 Å². The Bertz CT molecular complexity index is 694. The van der Waals surface area contributed by atoms with E-state index in [4.69, 9.17) is 5.11 Å². The van der Waals surface area contributed by atoms with Gasteiger partial charge >= 0.3 is 5.97 Å². The van der Waals surface area contributed by atoms with Crippen molar-refractivity contribution < 1.29 is 27.9 Å². The van der Waals surface area contributed by atoms with Crippen molar-refractivity contribution in [2.24, 2.45) is 10.2 Å². The van der Waals surface area contributed by atoms with Crippen molar-refractivity contribution in [3.63, 3.8) is 0 Å². The fourth-order valence-electron chi connectivity index (χ4n) is 1.76. The second-order valence-electron chi connectivity index (χ2n) is 4.39. The predicted octanol–water partition coefficient (Wildman–Crippen LogP) is 2.16. The molecule has 0 aromatic heterocycles. The third kappa shape index (κ3) is 4.31. The number of carbonyl (C=O) groups is 2. The second kappa shape index (κ2) is 7.27. The summed E-state index contributed by atoms with van der Waals surface area (Å²) < 4.78 is 39.1. The Morgan fingerprint density at radius 3 is 2.87 bits per heavy atom. The normalized spacial score (nSPS) is 19.7. The van der Waals surface area contributed by atoms with Gasteiger partial charge < -0.3 is 10.4 Å². The monoisotopic (exact) mass is 345 g/mol. The summed E-state index contributed by atoms with van der Waals surface area (Å²) in [6, 6.07) is 3.23. The van der Waals surface area contributed by atoms with Gasteiger partial charge in [0, 0.05) is 11.1 Å². The summed E-state index contributed by atoms with van der Waals surface area (Å²) in [6.07, 6.45) is -2.44. The minimum absolute atomic E-state index is 0.0208. The van der Waals surface area contributed by atoms with Crippen LogP contribution in [0.3, 0.4) is 0 Å². The molecule has 1 saturated heterocycles. The first-order chi connectivity index (χ1) is 10.9. The number of rotatable bonds is 5. The fourth-order valence-corrected chi connectivity index (χ4v) is 2.68. The van der Waals surface area contributed by atoms with Crippen LogP contribution >= 0.6 is 11.8 Å². The first kappa shape index (κ1) is 17.0. The van der Waals surface area contributed by atoms with Crippen LogP contribution in [0.15, 0.2) is 28.4 Å². The first-order valence-corrected chi connectivity index (χ1v) is 7.13. The Morgan fingerprint density at radius 1 is 1.48 bits per heavy atom. The van der Waals surface area contributed by atoms with Gasteiger partial charge in [-0.25, -0.2) is 13.2 Å². The van der Waals surface area contributed by atoms with Crippen molar-refractivity contribution in [2.75, 3.05) is 0 Å². The van der Waals surface area contributed by atoms with Gasteiger partial charge in [-0.05, 0) is 6.07 Å². The number of carboxylic acids is 1. The van der Waals surface area contributed by atoms with E-state index in [9.17, 15) is 22.8 Å². The van der Waals surface area contributed by atoms with Crippen LogP contribution in [0.4, 0.5) is 13.2 Å². The van der Waals surface area contributed by atoms with Crippen LogP contribution in [-0.4, -0.2) is 33.6 Å². The van der Waals surface area contributed by atoms with Gasteiger partial charge in [0.2, 0.25) is 5.91 Å². The Balaban J connectivity index is 2.14. The van der Waals surface area contributed by atoms with Crippen LogP contribution in [0.1, 0.15) is 24.0 Å². The number of thioether (sulfide) groups is 1. The molecule has 10 heteroatoms. The standard InChI is InChI=1S/C13H10F3N3O3S/c14-8-3-1-2-6(11(15)16)7(8)5-17-19-13-18-12(22)9(23-13)4-10(20)21/h1-3,5,9,11H,4H2,(H,20,21)(H,18,19,22). The summed E-state index contributed by atoms with van der Waals surface area (Å²) in [5.41, 5.74) is -0.927. The van der Waals surface area contributed by atoms with Crippen LogP contribution in [0, 0.1) is 5.82 Å². The molecular weight excluding hydrogens is 335 g/mol. The molecule has 0 saturated carbocycles. The number of carboxylic acid groups (broad SMARTS) is 1. The summed E-state index contributed by atoms with van der Waals surface area (Å²) in [5, 5.41) is 17.2. The lowest BCUT2D eigenvalue weighted by Gasteiger charge is -2.04. The fraction of sp³-hybridized carbons (Fsp3) is 0.231. The number of carbonyl (C=O) groups excluding carboxylic acids is 1. The maximum atomic E-state index is 13.6. The zero-order valence-electron chi connectivity index (χ0n) is 11.4. The molecule has 0 radical (unpaired) electrons. The predicted molar refractivity (Wildman–Crippen MR) is 78.2 cm³/mol. The van der Waals surface area contributed by atoms with Crippen LogP contribution in [0.25, 0.3) is 0 Å². The zero-order chi connectivity index (χ0) is 17.0. The van der Waals surface area contributed by atoms with Gasteiger partial charge in [-0.15, -0.1) is 5.10 Å². The highest BCUT2D eigenvalue weighted by atomic mass is 32.2. The molecule has 2 N–H and O–H groups in total. The molecule has 1 aromatic carbocycles. The van der Waals surface area contributed by atoms with Gasteiger partial charge in [0.25, 0.3) is 6.43 Å². The van der Waals surface area contributed by atoms with E-state index in [1.165, 1.54) is 0 Å². The first-order valence-electron chi connectivity index (χ1n) is 6.25. The number of hydrogen-bond donors (Lipinski definition) is 2. The minimum Gasteiger partial charge on any atom is -0.481 e. The summed E-state index contributed by atoms with van der Waals surface area (Å²) >= 11 is 0.850. The third-order valence-electron chi connectivity index (χ3n) is 2.79. The molecule has 122 valence electrons. The Morgan fingerprint density at radius 2 is 2.22 bits per heavy atom. The number of amidine groups is 1. The molecule has 0 bridgehead atoms. The molecule has 1 heterocycles. The molecule has 2 rings (SSSR count). The third-order valence-corrected chi connectivity index (χ3v) is 3.87. The quantitative estimate of drug-likeness (QED) is 0.632. The molecule has 23 heavy (non-hydrogen) atoms. The van der Waals surface area contributed by atoms with E-state index in [1.54, 1.807) is 0 Å². The van der Waals surface area contributed by atoms with Gasteiger partial charge in [-0.3, -0.25) is 9.59 Å². The van der Waals surface area contributed by atoms with Crippen molar-refractivity contribution in [1.29, 1.82) is 0 Å². The van der Waals surface area contributed by atoms with Gasteiger partial charge in [0.1, 0.15) is 11.1 Å². The van der Waals surface area contributed by atoms with Crippen molar-refractivity contribution >= 4 is 35.0 Å². The van der Waals surface area contributed by atoms with Crippen LogP contribution in [0.2, 0.25) is 0 Å². The molecule has 1 unspecified atom stereocenters. The van der Waals surface area contributed by atoms with E-state index in [2.05, 4.69) is 15.5 Å². The summed E-state index contributed by atoms with van der Waals surface area (Å²) in [5.74, 6) is -2.56. The highest BCUT2D eigenvalue weighted by molar-refractivity contribution is 8.15. The molecule has 1 aliphatic rings. The summed E-state index contributed by atoms with van der Waals surface area (Å²) in [4.78, 5) is 22.0. The topological polar surface area (TPSA) is 91.1 Å². The highest BCUT2D eigenvalue weighted by Crippen LogP contribution is 2.24. The smallest absolute Gasteiger partial charge is 0.305 e. The molecule has 1 fully saturated rings. The molecule has 1 amide bonds. The summed E-state index contributed by atoms with van der Waals surface area (Å²) in [6.45, 7) is 0. The zero-order valence-corrected chi connectivity index (χ0v) is 12.2. The van der Waals surface area contributed by atoms with E-state index in [1.807, 2.05) is 0 Å². The van der Waals surface area contributed by atoms with Gasteiger partial charge in [-0.1, -0.05) is 23.9 Å². The summed E-state index contributed by atoms with van der Waals surface area (Å²) in [7, 11) is 0. The van der Waals surface area contributed by atoms with Gasteiger partial charge in [0.15, 0.2) is 5.17 Å². The maximum Gasteiger partial charge on any atom is 0.305 e. The van der Waals surface area contributed by atoms with Gasteiger partial charge in [-0.2, -0.15) is 5.10 Å². The minimum atomic E-state index is -2.87. The molecule has 6 nitrogen and oxygen atoms in total. The number of hydrogen-bond acceptors (Lipinski definition) is 5. The SMILES string of the molecule is O=C(O)CC1SC(=NN=Cc2c(F)cccc2C(F)F)NC1=O. The number of nitrogens with one attached hydrogen (secondary N) is 1. The van der Waals surface area contributed by atoms with E-state index in [0.29, 0.717) is 0 Å². The van der Waals surface area contributed by atoms with E-state index < -0.39 is 40.5 Å². The molecule has 0 spiro atoms. The van der Waals surface area contributed by atoms with Crippen molar-refractivity contribution in [3.8, 4) is 0 Å².